The first kappa shape index (κ1) is 14.5. The minimum absolute atomic E-state index is 0.0766. The predicted octanol–water partition coefficient (Wildman–Crippen LogP) is 1.85. The maximum atomic E-state index is 13.3. The Balaban J connectivity index is 2.95. The summed E-state index contributed by atoms with van der Waals surface area (Å²) in [6.45, 7) is 3.18. The van der Waals surface area contributed by atoms with E-state index in [1.54, 1.807) is 13.8 Å². The van der Waals surface area contributed by atoms with E-state index in [4.69, 9.17) is 5.11 Å². The molecule has 0 saturated heterocycles. The summed E-state index contributed by atoms with van der Waals surface area (Å²) in [5.41, 5.74) is -0.590. The highest BCUT2D eigenvalue weighted by atomic mass is 19.2. The topological polar surface area (TPSA) is 49.3 Å². The van der Waals surface area contributed by atoms with E-state index in [0.29, 0.717) is 6.07 Å². The molecule has 0 heterocycles. The van der Waals surface area contributed by atoms with Crippen molar-refractivity contribution in [2.24, 2.45) is 5.92 Å². The lowest BCUT2D eigenvalue weighted by atomic mass is 10.0. The average Bonchev–Trinajstić information content (AvgIpc) is 2.32. The minimum Gasteiger partial charge on any atom is -0.394 e. The molecule has 1 aromatic carbocycles. The van der Waals surface area contributed by atoms with Crippen LogP contribution in [-0.2, 0) is 0 Å². The number of nitrogens with one attached hydrogen (secondary N) is 1. The van der Waals surface area contributed by atoms with Gasteiger partial charge in [-0.25, -0.2) is 13.2 Å². The lowest BCUT2D eigenvalue weighted by Crippen LogP contribution is -2.41. The molecule has 0 aliphatic carbocycles. The van der Waals surface area contributed by atoms with Gasteiger partial charge in [0, 0.05) is 0 Å². The van der Waals surface area contributed by atoms with Crippen molar-refractivity contribution in [3.8, 4) is 0 Å². The monoisotopic (exact) mass is 261 g/mol. The first-order valence-electron chi connectivity index (χ1n) is 5.43. The Kier molecular flexibility index (Phi) is 4.72. The van der Waals surface area contributed by atoms with E-state index in [-0.39, 0.29) is 12.5 Å². The molecule has 0 aliphatic rings. The van der Waals surface area contributed by atoms with Gasteiger partial charge < -0.3 is 10.4 Å². The Morgan fingerprint density at radius 3 is 2.39 bits per heavy atom. The molecule has 1 aromatic rings. The van der Waals surface area contributed by atoms with E-state index in [1.165, 1.54) is 0 Å². The summed E-state index contributed by atoms with van der Waals surface area (Å²) >= 11 is 0. The fraction of sp³-hybridized carbons (Fsp3) is 0.417. The fourth-order valence-electron chi connectivity index (χ4n) is 1.37. The van der Waals surface area contributed by atoms with Crippen LogP contribution in [0.15, 0.2) is 12.1 Å². The SMILES string of the molecule is CC(C)C(CO)NC(=O)c1ccc(F)c(F)c1F. The zero-order valence-electron chi connectivity index (χ0n) is 10.0. The molecule has 2 N–H and O–H groups in total. The van der Waals surface area contributed by atoms with Crippen molar-refractivity contribution in [1.82, 2.24) is 5.32 Å². The third-order valence-electron chi connectivity index (χ3n) is 2.60. The molecule has 1 atom stereocenters. The quantitative estimate of drug-likeness (QED) is 0.813. The zero-order valence-corrected chi connectivity index (χ0v) is 10.0. The van der Waals surface area contributed by atoms with Crippen molar-refractivity contribution in [1.29, 1.82) is 0 Å². The van der Waals surface area contributed by atoms with Crippen molar-refractivity contribution < 1.29 is 23.1 Å². The van der Waals surface area contributed by atoms with Gasteiger partial charge in [-0.3, -0.25) is 4.79 Å². The lowest BCUT2D eigenvalue weighted by molar-refractivity contribution is 0.0891. The molecular weight excluding hydrogens is 247 g/mol. The first-order valence-corrected chi connectivity index (χ1v) is 5.43. The molecular formula is C12H14F3NO2. The minimum atomic E-state index is -1.69. The molecule has 6 heteroatoms. The van der Waals surface area contributed by atoms with Gasteiger partial charge in [0.1, 0.15) is 0 Å². The molecule has 3 nitrogen and oxygen atoms in total. The highest BCUT2D eigenvalue weighted by Crippen LogP contribution is 2.15. The number of halogens is 3. The highest BCUT2D eigenvalue weighted by Gasteiger charge is 2.22. The number of aliphatic hydroxyl groups is 1. The first-order chi connectivity index (χ1) is 8.38. The van der Waals surface area contributed by atoms with Crippen LogP contribution in [0.2, 0.25) is 0 Å². The van der Waals surface area contributed by atoms with Crippen molar-refractivity contribution in [3.05, 3.63) is 35.1 Å². The molecule has 0 saturated carbocycles. The van der Waals surface area contributed by atoms with Crippen LogP contribution < -0.4 is 5.32 Å². The van der Waals surface area contributed by atoms with Crippen LogP contribution in [0, 0.1) is 23.4 Å². The number of aliphatic hydroxyl groups excluding tert-OH is 1. The number of benzene rings is 1. The van der Waals surface area contributed by atoms with E-state index >= 15 is 0 Å². The van der Waals surface area contributed by atoms with Gasteiger partial charge in [0.25, 0.3) is 5.91 Å². The van der Waals surface area contributed by atoms with Crippen LogP contribution in [0.5, 0.6) is 0 Å². The third-order valence-corrected chi connectivity index (χ3v) is 2.60. The van der Waals surface area contributed by atoms with Gasteiger partial charge in [-0.1, -0.05) is 13.8 Å². The molecule has 100 valence electrons. The normalized spacial score (nSPS) is 12.6. The second kappa shape index (κ2) is 5.86. The smallest absolute Gasteiger partial charge is 0.254 e. The number of amides is 1. The molecule has 1 unspecified atom stereocenters. The van der Waals surface area contributed by atoms with Crippen LogP contribution in [0.3, 0.4) is 0 Å². The molecule has 0 radical (unpaired) electrons. The van der Waals surface area contributed by atoms with Gasteiger partial charge in [-0.15, -0.1) is 0 Å². The van der Waals surface area contributed by atoms with Crippen LogP contribution in [0.1, 0.15) is 24.2 Å². The number of rotatable bonds is 4. The maximum Gasteiger partial charge on any atom is 0.254 e. The van der Waals surface area contributed by atoms with Crippen molar-refractivity contribution in [2.45, 2.75) is 19.9 Å². The largest absolute Gasteiger partial charge is 0.394 e. The Morgan fingerprint density at radius 2 is 1.89 bits per heavy atom. The summed E-state index contributed by atoms with van der Waals surface area (Å²) in [4.78, 5) is 11.7. The van der Waals surface area contributed by atoms with Crippen LogP contribution in [0.25, 0.3) is 0 Å². The summed E-state index contributed by atoms with van der Waals surface area (Å²) in [6.07, 6.45) is 0. The summed E-state index contributed by atoms with van der Waals surface area (Å²) in [5, 5.41) is 11.4. The van der Waals surface area contributed by atoms with Gasteiger partial charge in [0.05, 0.1) is 18.2 Å². The van der Waals surface area contributed by atoms with E-state index in [0.717, 1.165) is 6.07 Å². The fourth-order valence-corrected chi connectivity index (χ4v) is 1.37. The number of hydrogen-bond acceptors (Lipinski definition) is 2. The Bertz CT molecular complexity index is 449. The molecule has 0 aliphatic heterocycles. The predicted molar refractivity (Wildman–Crippen MR) is 59.5 cm³/mol. The third kappa shape index (κ3) is 3.01. The van der Waals surface area contributed by atoms with E-state index < -0.39 is 35.0 Å². The molecule has 1 rings (SSSR count). The number of carbonyl (C=O) groups excluding carboxylic acids is 1. The van der Waals surface area contributed by atoms with Gasteiger partial charge in [0.2, 0.25) is 0 Å². The van der Waals surface area contributed by atoms with Gasteiger partial charge >= 0.3 is 0 Å². The summed E-state index contributed by atoms with van der Waals surface area (Å²) in [5.74, 6) is -5.54. The van der Waals surface area contributed by atoms with E-state index in [2.05, 4.69) is 5.32 Å². The number of hydrogen-bond donors (Lipinski definition) is 2. The van der Waals surface area contributed by atoms with Crippen LogP contribution in [0.4, 0.5) is 13.2 Å². The van der Waals surface area contributed by atoms with Gasteiger partial charge in [-0.05, 0) is 18.1 Å². The number of carbonyl (C=O) groups is 1. The van der Waals surface area contributed by atoms with E-state index in [1.807, 2.05) is 0 Å². The molecule has 1 amide bonds. The van der Waals surface area contributed by atoms with Crippen molar-refractivity contribution in [3.63, 3.8) is 0 Å². The summed E-state index contributed by atoms with van der Waals surface area (Å²) in [6, 6.07) is 0.958. The molecule has 0 spiro atoms. The molecule has 0 fully saturated rings. The van der Waals surface area contributed by atoms with Crippen molar-refractivity contribution in [2.75, 3.05) is 6.61 Å². The Labute approximate surface area is 103 Å². The second-order valence-electron chi connectivity index (χ2n) is 4.23. The standard InChI is InChI=1S/C12H14F3NO2/c1-6(2)9(5-17)16-12(18)7-3-4-8(13)11(15)10(7)14/h3-4,6,9,17H,5H2,1-2H3,(H,16,18). The lowest BCUT2D eigenvalue weighted by Gasteiger charge is -2.20. The Hall–Kier alpha value is -1.56. The van der Waals surface area contributed by atoms with Crippen molar-refractivity contribution >= 4 is 5.91 Å². The molecule has 0 bridgehead atoms. The van der Waals surface area contributed by atoms with Crippen LogP contribution >= 0.6 is 0 Å². The molecule has 0 aromatic heterocycles. The Morgan fingerprint density at radius 1 is 1.28 bits per heavy atom. The summed E-state index contributed by atoms with van der Waals surface area (Å²) in [7, 11) is 0. The average molecular weight is 261 g/mol. The maximum absolute atomic E-state index is 13.3. The second-order valence-corrected chi connectivity index (χ2v) is 4.23. The van der Waals surface area contributed by atoms with Gasteiger partial charge in [-0.2, -0.15) is 0 Å². The van der Waals surface area contributed by atoms with Crippen LogP contribution in [-0.4, -0.2) is 23.7 Å². The zero-order chi connectivity index (χ0) is 13.9. The van der Waals surface area contributed by atoms with E-state index in [9.17, 15) is 18.0 Å². The van der Waals surface area contributed by atoms with Gasteiger partial charge in [0.15, 0.2) is 17.5 Å². The highest BCUT2D eigenvalue weighted by molar-refractivity contribution is 5.94. The summed E-state index contributed by atoms with van der Waals surface area (Å²) < 4.78 is 39.0. The molecule has 18 heavy (non-hydrogen) atoms.